The van der Waals surface area contributed by atoms with Gasteiger partial charge in [0.2, 0.25) is 0 Å². The number of fused-ring (bicyclic) bond motifs is 2. The number of rotatable bonds is 7. The van der Waals surface area contributed by atoms with Crippen molar-refractivity contribution in [2.75, 3.05) is 11.9 Å². The first-order chi connectivity index (χ1) is 20.2. The molecule has 0 aromatic heterocycles. The molecule has 0 saturated heterocycles. The third kappa shape index (κ3) is 5.21. The molecular formula is C39H35NO. The van der Waals surface area contributed by atoms with E-state index in [2.05, 4.69) is 154 Å². The van der Waals surface area contributed by atoms with Crippen molar-refractivity contribution in [1.82, 2.24) is 0 Å². The number of aryl methyl sites for hydroxylation is 1. The minimum Gasteiger partial charge on any atom is -0.456 e. The van der Waals surface area contributed by atoms with Crippen molar-refractivity contribution in [2.45, 2.75) is 27.2 Å². The summed E-state index contributed by atoms with van der Waals surface area (Å²) < 4.78 is 6.78. The quantitative estimate of drug-likeness (QED) is 0.221. The van der Waals surface area contributed by atoms with Gasteiger partial charge in [-0.15, -0.1) is 0 Å². The van der Waals surface area contributed by atoms with E-state index in [4.69, 9.17) is 4.74 Å². The van der Waals surface area contributed by atoms with Crippen molar-refractivity contribution < 1.29 is 4.74 Å². The van der Waals surface area contributed by atoms with Gasteiger partial charge in [0.1, 0.15) is 11.5 Å². The lowest BCUT2D eigenvalue weighted by atomic mass is 9.87. The van der Waals surface area contributed by atoms with Crippen LogP contribution in [0.4, 0.5) is 5.69 Å². The number of hydrogen-bond donors (Lipinski definition) is 1. The van der Waals surface area contributed by atoms with Gasteiger partial charge in [-0.25, -0.2) is 0 Å². The van der Waals surface area contributed by atoms with Crippen LogP contribution in [0.1, 0.15) is 37.0 Å². The van der Waals surface area contributed by atoms with E-state index in [-0.39, 0.29) is 0 Å². The SMILES string of the molecule is CC/C=C/C=c1\cc2c(cc1-c1ccccc1)=C(c1ccccc1C)c1cc(-c3ccccc3)c(NCC)cc1O2. The fraction of sp³-hybridized carbons (Fsp3) is 0.128. The number of ether oxygens (including phenoxy) is 1. The van der Waals surface area contributed by atoms with Crippen molar-refractivity contribution in [3.8, 4) is 33.8 Å². The summed E-state index contributed by atoms with van der Waals surface area (Å²) in [6.07, 6.45) is 7.52. The fourth-order valence-electron chi connectivity index (χ4n) is 5.65. The fourth-order valence-corrected chi connectivity index (χ4v) is 5.65. The van der Waals surface area contributed by atoms with Gasteiger partial charge in [0, 0.05) is 40.2 Å². The molecule has 0 amide bonds. The summed E-state index contributed by atoms with van der Waals surface area (Å²) in [7, 11) is 0. The van der Waals surface area contributed by atoms with Crippen LogP contribution < -0.4 is 20.5 Å². The highest BCUT2D eigenvalue weighted by Gasteiger charge is 2.24. The molecule has 0 atom stereocenters. The largest absolute Gasteiger partial charge is 0.456 e. The summed E-state index contributed by atoms with van der Waals surface area (Å²) in [6.45, 7) is 7.31. The molecule has 0 aliphatic carbocycles. The monoisotopic (exact) mass is 533 g/mol. The Morgan fingerprint density at radius 2 is 1.34 bits per heavy atom. The minimum absolute atomic E-state index is 0.826. The van der Waals surface area contributed by atoms with Crippen LogP contribution in [0, 0.1) is 6.92 Å². The molecule has 2 nitrogen and oxygen atoms in total. The number of nitrogens with one attached hydrogen (secondary N) is 1. The first-order valence-corrected chi connectivity index (χ1v) is 14.5. The lowest BCUT2D eigenvalue weighted by Crippen LogP contribution is -2.22. The smallest absolute Gasteiger partial charge is 0.137 e. The van der Waals surface area contributed by atoms with E-state index >= 15 is 0 Å². The Labute approximate surface area is 243 Å². The summed E-state index contributed by atoms with van der Waals surface area (Å²) in [5.41, 5.74) is 10.6. The Kier molecular flexibility index (Phi) is 7.56. The molecule has 202 valence electrons. The molecule has 0 unspecified atom stereocenters. The highest BCUT2D eigenvalue weighted by atomic mass is 16.5. The first-order valence-electron chi connectivity index (χ1n) is 14.5. The van der Waals surface area contributed by atoms with Crippen molar-refractivity contribution in [3.05, 3.63) is 148 Å². The van der Waals surface area contributed by atoms with E-state index in [0.717, 1.165) is 46.2 Å². The van der Waals surface area contributed by atoms with Gasteiger partial charge in [-0.3, -0.25) is 0 Å². The zero-order chi connectivity index (χ0) is 28.2. The van der Waals surface area contributed by atoms with Gasteiger partial charge in [-0.05, 0) is 71.5 Å². The molecule has 5 aromatic carbocycles. The molecule has 0 fully saturated rings. The maximum atomic E-state index is 6.78. The summed E-state index contributed by atoms with van der Waals surface area (Å²) in [4.78, 5) is 0. The Morgan fingerprint density at radius 3 is 2.02 bits per heavy atom. The molecule has 1 aliphatic rings. The predicted molar refractivity (Wildman–Crippen MR) is 174 cm³/mol. The van der Waals surface area contributed by atoms with Gasteiger partial charge in [0.25, 0.3) is 0 Å². The van der Waals surface area contributed by atoms with Crippen molar-refractivity contribution in [1.29, 1.82) is 0 Å². The van der Waals surface area contributed by atoms with Gasteiger partial charge < -0.3 is 10.1 Å². The molecule has 0 spiro atoms. The molecule has 1 aliphatic heterocycles. The first kappa shape index (κ1) is 26.4. The molecule has 2 heteroatoms. The van der Waals surface area contributed by atoms with Crippen LogP contribution >= 0.6 is 0 Å². The van der Waals surface area contributed by atoms with Crippen LogP contribution in [0.25, 0.3) is 33.9 Å². The van der Waals surface area contributed by atoms with Crippen LogP contribution in [0.2, 0.25) is 0 Å². The van der Waals surface area contributed by atoms with Gasteiger partial charge >= 0.3 is 0 Å². The molecule has 1 N–H and O–H groups in total. The number of hydrogen-bond acceptors (Lipinski definition) is 2. The Hall–Kier alpha value is -4.82. The van der Waals surface area contributed by atoms with Crippen molar-refractivity contribution >= 4 is 17.3 Å². The normalized spacial score (nSPS) is 12.7. The molecule has 41 heavy (non-hydrogen) atoms. The Bertz CT molecular complexity index is 1850. The maximum Gasteiger partial charge on any atom is 0.137 e. The molecule has 0 radical (unpaired) electrons. The van der Waals surface area contributed by atoms with E-state index in [9.17, 15) is 0 Å². The Morgan fingerprint density at radius 1 is 0.659 bits per heavy atom. The third-order valence-electron chi connectivity index (χ3n) is 7.63. The third-order valence-corrected chi connectivity index (χ3v) is 7.63. The predicted octanol–water partition coefficient (Wildman–Crippen LogP) is 8.86. The maximum absolute atomic E-state index is 6.78. The highest BCUT2D eigenvalue weighted by molar-refractivity contribution is 5.92. The highest BCUT2D eigenvalue weighted by Crippen LogP contribution is 2.43. The molecule has 5 aromatic rings. The van der Waals surface area contributed by atoms with E-state index < -0.39 is 0 Å². The molecule has 0 bridgehead atoms. The van der Waals surface area contributed by atoms with E-state index in [1.807, 2.05) is 0 Å². The topological polar surface area (TPSA) is 21.3 Å². The second-order valence-corrected chi connectivity index (χ2v) is 10.4. The second-order valence-electron chi connectivity index (χ2n) is 10.4. The molecule has 1 heterocycles. The number of anilines is 1. The van der Waals surface area contributed by atoms with Crippen LogP contribution in [0.5, 0.6) is 11.5 Å². The summed E-state index contributed by atoms with van der Waals surface area (Å²) >= 11 is 0. The van der Waals surface area contributed by atoms with Crippen LogP contribution in [0.3, 0.4) is 0 Å². The molecule has 6 rings (SSSR count). The zero-order valence-corrected chi connectivity index (χ0v) is 23.9. The lowest BCUT2D eigenvalue weighted by molar-refractivity contribution is 0.472. The standard InChI is InChI=1S/C39H35NO/c1-4-6-9-21-30-23-37-34(24-32(30)28-17-10-7-11-18-28)39(31-22-15-14-16-27(31)3)35-25-33(29-19-12-8-13-20-29)36(40-5-2)26-38(35)41-37/h6-26,40H,4-5H2,1-3H3/b9-6+,30-21+. The van der Waals surface area contributed by atoms with Gasteiger partial charge in [0.05, 0.1) is 0 Å². The van der Waals surface area contributed by atoms with Crippen LogP contribution in [0.15, 0.2) is 121 Å². The summed E-state index contributed by atoms with van der Waals surface area (Å²) in [5.74, 6) is 1.75. The second kappa shape index (κ2) is 11.7. The number of allylic oxidation sites excluding steroid dienone is 2. The number of benzene rings is 5. The van der Waals surface area contributed by atoms with Crippen LogP contribution in [-0.4, -0.2) is 6.54 Å². The van der Waals surface area contributed by atoms with E-state index in [1.165, 1.54) is 39.0 Å². The lowest BCUT2D eigenvalue weighted by Gasteiger charge is -2.25. The molecule has 0 saturated carbocycles. The van der Waals surface area contributed by atoms with E-state index in [0.29, 0.717) is 0 Å². The van der Waals surface area contributed by atoms with Crippen molar-refractivity contribution in [3.63, 3.8) is 0 Å². The average molecular weight is 534 g/mol. The van der Waals surface area contributed by atoms with Crippen LogP contribution in [-0.2, 0) is 0 Å². The van der Waals surface area contributed by atoms with Gasteiger partial charge in [-0.1, -0.05) is 110 Å². The summed E-state index contributed by atoms with van der Waals surface area (Å²) in [6, 6.07) is 38.9. The molecular weight excluding hydrogens is 498 g/mol. The average Bonchev–Trinajstić information content (AvgIpc) is 3.01. The van der Waals surface area contributed by atoms with Gasteiger partial charge in [0.15, 0.2) is 0 Å². The van der Waals surface area contributed by atoms with Gasteiger partial charge in [-0.2, -0.15) is 0 Å². The summed E-state index contributed by atoms with van der Waals surface area (Å²) in [5, 5.41) is 5.83. The Balaban J connectivity index is 1.73. The van der Waals surface area contributed by atoms with Crippen molar-refractivity contribution in [2.24, 2.45) is 0 Å². The van der Waals surface area contributed by atoms with E-state index in [1.54, 1.807) is 0 Å². The minimum atomic E-state index is 0.826. The zero-order valence-electron chi connectivity index (χ0n) is 23.9.